The maximum atomic E-state index is 12.7. The molecular weight excluding hydrogens is 440 g/mol. The van der Waals surface area contributed by atoms with E-state index in [9.17, 15) is 18.0 Å². The van der Waals surface area contributed by atoms with E-state index in [0.29, 0.717) is 15.8 Å². The standard InChI is InChI=1S/C16H20N4O6S3/c1-10(20(29(4,23)24)11-6-5-7-12(8-11)25-2)14(22)17-15-18-19-16(28-15)27-9-13(21)26-3/h5-8,10H,9H2,1-4H3,(H,17,18,22). The van der Waals surface area contributed by atoms with Crippen LogP contribution in [0, 0.1) is 0 Å². The highest BCUT2D eigenvalue weighted by Crippen LogP contribution is 2.28. The molecule has 0 radical (unpaired) electrons. The number of esters is 1. The summed E-state index contributed by atoms with van der Waals surface area (Å²) in [5, 5.41) is 10.5. The van der Waals surface area contributed by atoms with Crippen LogP contribution < -0.4 is 14.4 Å². The van der Waals surface area contributed by atoms with Gasteiger partial charge in [-0.05, 0) is 19.1 Å². The van der Waals surface area contributed by atoms with Crippen molar-refractivity contribution >= 4 is 55.8 Å². The van der Waals surface area contributed by atoms with Gasteiger partial charge in [0.2, 0.25) is 21.1 Å². The Morgan fingerprint density at radius 3 is 2.66 bits per heavy atom. The monoisotopic (exact) mass is 460 g/mol. The number of benzene rings is 1. The fraction of sp³-hybridized carbons (Fsp3) is 0.375. The average Bonchev–Trinajstić information content (AvgIpc) is 3.12. The lowest BCUT2D eigenvalue weighted by molar-refractivity contribution is -0.137. The maximum Gasteiger partial charge on any atom is 0.316 e. The summed E-state index contributed by atoms with van der Waals surface area (Å²) >= 11 is 2.19. The van der Waals surface area contributed by atoms with Crippen molar-refractivity contribution in [2.45, 2.75) is 17.3 Å². The topological polar surface area (TPSA) is 128 Å². The predicted molar refractivity (Wildman–Crippen MR) is 111 cm³/mol. The minimum absolute atomic E-state index is 0.0627. The van der Waals surface area contributed by atoms with Crippen LogP contribution in [0.25, 0.3) is 0 Å². The number of carbonyl (C=O) groups excluding carboxylic acids is 2. The quantitative estimate of drug-likeness (QED) is 0.337. The molecule has 10 nitrogen and oxygen atoms in total. The zero-order valence-electron chi connectivity index (χ0n) is 16.1. The lowest BCUT2D eigenvalue weighted by Crippen LogP contribution is -2.45. The fourth-order valence-electron chi connectivity index (χ4n) is 2.26. The Bertz CT molecular complexity index is 979. The second-order valence-electron chi connectivity index (χ2n) is 5.66. The van der Waals surface area contributed by atoms with Crippen molar-refractivity contribution in [3.8, 4) is 5.75 Å². The number of sulfonamides is 1. The molecule has 0 bridgehead atoms. The van der Waals surface area contributed by atoms with Gasteiger partial charge in [0.25, 0.3) is 0 Å². The van der Waals surface area contributed by atoms with Gasteiger partial charge >= 0.3 is 5.97 Å². The summed E-state index contributed by atoms with van der Waals surface area (Å²) in [7, 11) is -1.02. The molecule has 0 spiro atoms. The van der Waals surface area contributed by atoms with E-state index in [-0.39, 0.29) is 10.9 Å². The third-order valence-electron chi connectivity index (χ3n) is 3.57. The summed E-state index contributed by atoms with van der Waals surface area (Å²) in [4.78, 5) is 23.8. The van der Waals surface area contributed by atoms with E-state index in [2.05, 4.69) is 20.3 Å². The Kier molecular flexibility index (Phi) is 7.81. The molecule has 13 heteroatoms. The van der Waals surface area contributed by atoms with Crippen LogP contribution >= 0.6 is 23.1 Å². The van der Waals surface area contributed by atoms with Crippen LogP contribution in [0.1, 0.15) is 6.92 Å². The Balaban J connectivity index is 2.15. The van der Waals surface area contributed by atoms with Crippen LogP contribution in [-0.4, -0.2) is 62.8 Å². The first kappa shape index (κ1) is 22.9. The molecule has 1 N–H and O–H groups in total. The van der Waals surface area contributed by atoms with Crippen molar-refractivity contribution in [1.29, 1.82) is 0 Å². The lowest BCUT2D eigenvalue weighted by atomic mass is 10.2. The molecule has 158 valence electrons. The minimum atomic E-state index is -3.77. The third kappa shape index (κ3) is 6.30. The molecule has 0 saturated carbocycles. The highest BCUT2D eigenvalue weighted by molar-refractivity contribution is 8.01. The summed E-state index contributed by atoms with van der Waals surface area (Å²) in [6.45, 7) is 1.46. The molecule has 0 aliphatic rings. The fourth-order valence-corrected chi connectivity index (χ4v) is 5.02. The molecule has 0 aliphatic carbocycles. The van der Waals surface area contributed by atoms with Crippen LogP contribution in [0.4, 0.5) is 10.8 Å². The molecule has 2 rings (SSSR count). The first-order valence-electron chi connectivity index (χ1n) is 8.13. The van der Waals surface area contributed by atoms with Gasteiger partial charge < -0.3 is 9.47 Å². The number of nitrogens with zero attached hydrogens (tertiary/aromatic N) is 3. The van der Waals surface area contributed by atoms with E-state index >= 15 is 0 Å². The zero-order chi connectivity index (χ0) is 21.6. The Labute approximate surface area is 176 Å². The van der Waals surface area contributed by atoms with Crippen molar-refractivity contribution in [3.05, 3.63) is 24.3 Å². The molecule has 1 aromatic heterocycles. The second kappa shape index (κ2) is 9.89. The molecule has 1 amide bonds. The Hall–Kier alpha value is -2.38. The van der Waals surface area contributed by atoms with Crippen LogP contribution in [-0.2, 0) is 24.3 Å². The smallest absolute Gasteiger partial charge is 0.316 e. The van der Waals surface area contributed by atoms with Crippen LogP contribution in [0.15, 0.2) is 28.6 Å². The number of hydrogen-bond acceptors (Lipinski definition) is 10. The number of rotatable bonds is 9. The zero-order valence-corrected chi connectivity index (χ0v) is 18.6. The van der Waals surface area contributed by atoms with Gasteiger partial charge in [-0.15, -0.1) is 10.2 Å². The summed E-state index contributed by atoms with van der Waals surface area (Å²) in [6.07, 6.45) is 1.02. The van der Waals surface area contributed by atoms with Gasteiger partial charge in [-0.25, -0.2) is 8.42 Å². The van der Waals surface area contributed by atoms with Crippen molar-refractivity contribution in [3.63, 3.8) is 0 Å². The number of anilines is 2. The molecule has 0 fully saturated rings. The molecule has 1 atom stereocenters. The van der Waals surface area contributed by atoms with Crippen molar-refractivity contribution in [1.82, 2.24) is 10.2 Å². The summed E-state index contributed by atoms with van der Waals surface area (Å²) in [5.74, 6) is -0.474. The number of hydrogen-bond donors (Lipinski definition) is 1. The van der Waals surface area contributed by atoms with Crippen LogP contribution in [0.2, 0.25) is 0 Å². The van der Waals surface area contributed by atoms with E-state index in [1.165, 1.54) is 27.2 Å². The molecule has 2 aromatic rings. The molecule has 0 saturated heterocycles. The molecule has 1 aromatic carbocycles. The normalized spacial score (nSPS) is 12.1. The second-order valence-corrected chi connectivity index (χ2v) is 9.72. The number of carbonyl (C=O) groups is 2. The number of nitrogens with one attached hydrogen (secondary N) is 1. The molecular formula is C16H20N4O6S3. The number of ether oxygens (including phenoxy) is 2. The Morgan fingerprint density at radius 2 is 2.03 bits per heavy atom. The molecule has 1 heterocycles. The van der Waals surface area contributed by atoms with E-state index in [1.807, 2.05) is 0 Å². The largest absolute Gasteiger partial charge is 0.497 e. The van der Waals surface area contributed by atoms with Gasteiger partial charge in [0.1, 0.15) is 11.8 Å². The number of amides is 1. The van der Waals surface area contributed by atoms with Crippen molar-refractivity contribution < 1.29 is 27.5 Å². The van der Waals surface area contributed by atoms with Crippen LogP contribution in [0.5, 0.6) is 5.75 Å². The third-order valence-corrected chi connectivity index (χ3v) is 6.76. The summed E-state index contributed by atoms with van der Waals surface area (Å²) < 4.78 is 35.8. The van der Waals surface area contributed by atoms with Gasteiger partial charge in [-0.2, -0.15) is 0 Å². The van der Waals surface area contributed by atoms with Crippen molar-refractivity contribution in [2.24, 2.45) is 0 Å². The van der Waals surface area contributed by atoms with Gasteiger partial charge in [0.05, 0.1) is 31.9 Å². The number of aromatic nitrogens is 2. The van der Waals surface area contributed by atoms with Crippen LogP contribution in [0.3, 0.4) is 0 Å². The van der Waals surface area contributed by atoms with E-state index in [4.69, 9.17) is 4.74 Å². The highest BCUT2D eigenvalue weighted by atomic mass is 32.2. The van der Waals surface area contributed by atoms with Gasteiger partial charge in [-0.3, -0.25) is 19.2 Å². The van der Waals surface area contributed by atoms with Crippen molar-refractivity contribution in [2.75, 3.05) is 35.9 Å². The van der Waals surface area contributed by atoms with E-state index in [0.717, 1.165) is 33.7 Å². The summed E-state index contributed by atoms with van der Waals surface area (Å²) in [5.41, 5.74) is 0.293. The van der Waals surface area contributed by atoms with E-state index < -0.39 is 27.9 Å². The highest BCUT2D eigenvalue weighted by Gasteiger charge is 2.30. The SMILES string of the molecule is COC(=O)CSc1nnc(NC(=O)C(C)N(c2cccc(OC)c2)S(C)(=O)=O)s1. The van der Waals surface area contributed by atoms with E-state index in [1.54, 1.807) is 18.2 Å². The molecule has 1 unspecified atom stereocenters. The minimum Gasteiger partial charge on any atom is -0.497 e. The van der Waals surface area contributed by atoms with Gasteiger partial charge in [0.15, 0.2) is 4.34 Å². The lowest BCUT2D eigenvalue weighted by Gasteiger charge is -2.28. The molecule has 0 aliphatic heterocycles. The predicted octanol–water partition coefficient (Wildman–Crippen LogP) is 1.60. The maximum absolute atomic E-state index is 12.7. The Morgan fingerprint density at radius 1 is 1.31 bits per heavy atom. The number of methoxy groups -OCH3 is 2. The average molecular weight is 461 g/mol. The first-order chi connectivity index (χ1) is 13.7. The van der Waals surface area contributed by atoms with Gasteiger partial charge in [0, 0.05) is 6.07 Å². The molecule has 29 heavy (non-hydrogen) atoms. The first-order valence-corrected chi connectivity index (χ1v) is 11.8. The summed E-state index contributed by atoms with van der Waals surface area (Å²) in [6, 6.07) is 5.33. The number of thioether (sulfide) groups is 1. The van der Waals surface area contributed by atoms with Gasteiger partial charge in [-0.1, -0.05) is 29.2 Å².